The van der Waals surface area contributed by atoms with Crippen molar-refractivity contribution in [3.8, 4) is 0 Å². The van der Waals surface area contributed by atoms with E-state index in [4.69, 9.17) is 0 Å². The van der Waals surface area contributed by atoms with Crippen LogP contribution in [0.1, 0.15) is 37.5 Å². The van der Waals surface area contributed by atoms with E-state index in [9.17, 15) is 0 Å². The van der Waals surface area contributed by atoms with Crippen LogP contribution in [-0.2, 0) is 0 Å². The van der Waals surface area contributed by atoms with Gasteiger partial charge in [0.05, 0.1) is 0 Å². The van der Waals surface area contributed by atoms with Crippen molar-refractivity contribution in [1.29, 1.82) is 0 Å². The van der Waals surface area contributed by atoms with E-state index in [0.29, 0.717) is 0 Å². The largest absolute Gasteiger partial charge is 0.120 e. The number of rotatable bonds is 3. The van der Waals surface area contributed by atoms with Crippen molar-refractivity contribution < 1.29 is 0 Å². The molecule has 0 heteroatoms. The zero-order valence-electron chi connectivity index (χ0n) is 12.1. The van der Waals surface area contributed by atoms with Crippen molar-refractivity contribution in [3.63, 3.8) is 0 Å². The van der Waals surface area contributed by atoms with Crippen LogP contribution in [0.4, 0.5) is 0 Å². The lowest BCUT2D eigenvalue weighted by Crippen LogP contribution is -1.86. The van der Waals surface area contributed by atoms with Gasteiger partial charge in [-0.15, -0.1) is 5.73 Å². The fraction of sp³-hybridized carbons (Fsp3) is 0.278. The molecule has 0 aliphatic heterocycles. The Hall–Kier alpha value is -1.78. The van der Waals surface area contributed by atoms with Gasteiger partial charge in [0.2, 0.25) is 0 Å². The SMILES string of the molecule is C=C=C(/C=C(/C)C=C(C)C)c1cc(C)cc(C)c1. The maximum absolute atomic E-state index is 3.80. The van der Waals surface area contributed by atoms with E-state index in [-0.39, 0.29) is 0 Å². The highest BCUT2D eigenvalue weighted by atomic mass is 14.0. The Kier molecular flexibility index (Phi) is 4.95. The number of aryl methyl sites for hydroxylation is 2. The summed E-state index contributed by atoms with van der Waals surface area (Å²) in [7, 11) is 0. The average Bonchev–Trinajstić information content (AvgIpc) is 2.23. The molecule has 0 fully saturated rings. The molecule has 1 rings (SSSR count). The second-order valence-corrected chi connectivity index (χ2v) is 5.08. The van der Waals surface area contributed by atoms with Crippen LogP contribution in [0.5, 0.6) is 0 Å². The van der Waals surface area contributed by atoms with Crippen molar-refractivity contribution in [2.24, 2.45) is 0 Å². The van der Waals surface area contributed by atoms with Gasteiger partial charge in [-0.3, -0.25) is 0 Å². The van der Waals surface area contributed by atoms with Crippen LogP contribution < -0.4 is 0 Å². The first-order valence-electron chi connectivity index (χ1n) is 6.24. The third-order valence-electron chi connectivity index (χ3n) is 2.61. The maximum atomic E-state index is 3.80. The fourth-order valence-electron chi connectivity index (χ4n) is 2.09. The van der Waals surface area contributed by atoms with E-state index in [1.54, 1.807) is 0 Å². The van der Waals surface area contributed by atoms with Crippen LogP contribution in [0.15, 0.2) is 53.8 Å². The molecule has 0 radical (unpaired) electrons. The number of benzene rings is 1. The number of hydrogen-bond donors (Lipinski definition) is 0. The third-order valence-corrected chi connectivity index (χ3v) is 2.61. The van der Waals surface area contributed by atoms with Gasteiger partial charge < -0.3 is 0 Å². The van der Waals surface area contributed by atoms with Crippen molar-refractivity contribution in [1.82, 2.24) is 0 Å². The molecule has 0 aliphatic carbocycles. The molecule has 0 atom stereocenters. The van der Waals surface area contributed by atoms with Gasteiger partial charge in [0.15, 0.2) is 0 Å². The molecule has 0 N–H and O–H groups in total. The molecule has 1 aromatic rings. The average molecular weight is 238 g/mol. The van der Waals surface area contributed by atoms with E-state index in [0.717, 1.165) is 5.57 Å². The standard InChI is InChI=1S/C18H22/c1-7-17(10-14(4)8-13(2)3)18-11-15(5)9-16(6)12-18/h8-12H,1H2,2-6H3/b14-10-. The lowest BCUT2D eigenvalue weighted by molar-refractivity contribution is 1.34. The van der Waals surface area contributed by atoms with Crippen LogP contribution in [0.2, 0.25) is 0 Å². The van der Waals surface area contributed by atoms with Crippen LogP contribution in [0.3, 0.4) is 0 Å². The van der Waals surface area contributed by atoms with Crippen LogP contribution in [0.25, 0.3) is 5.57 Å². The second kappa shape index (κ2) is 6.23. The monoisotopic (exact) mass is 238 g/mol. The van der Waals surface area contributed by atoms with Gasteiger partial charge in [-0.05, 0) is 51.8 Å². The van der Waals surface area contributed by atoms with E-state index < -0.39 is 0 Å². The van der Waals surface area contributed by atoms with E-state index in [1.165, 1.54) is 27.8 Å². The predicted octanol–water partition coefficient (Wildman–Crippen LogP) is 5.38. The molecule has 1 aromatic carbocycles. The minimum absolute atomic E-state index is 1.05. The summed E-state index contributed by atoms with van der Waals surface area (Å²) in [6, 6.07) is 6.52. The van der Waals surface area contributed by atoms with Crippen LogP contribution in [0, 0.1) is 13.8 Å². The van der Waals surface area contributed by atoms with Gasteiger partial charge >= 0.3 is 0 Å². The smallest absolute Gasteiger partial charge is 0.0233 e. The summed E-state index contributed by atoms with van der Waals surface area (Å²) in [5, 5.41) is 0. The number of allylic oxidation sites excluding steroid dienone is 5. The first kappa shape index (κ1) is 14.3. The summed E-state index contributed by atoms with van der Waals surface area (Å²) in [5.74, 6) is 0. The Bertz CT molecular complexity index is 523. The topological polar surface area (TPSA) is 0 Å². The van der Waals surface area contributed by atoms with Crippen molar-refractivity contribution in [2.75, 3.05) is 0 Å². The highest BCUT2D eigenvalue weighted by molar-refractivity contribution is 5.75. The lowest BCUT2D eigenvalue weighted by atomic mass is 9.99. The summed E-state index contributed by atoms with van der Waals surface area (Å²) < 4.78 is 0. The predicted molar refractivity (Wildman–Crippen MR) is 81.7 cm³/mol. The molecule has 0 saturated carbocycles. The third kappa shape index (κ3) is 4.24. The van der Waals surface area contributed by atoms with Crippen molar-refractivity contribution in [3.05, 3.63) is 70.5 Å². The minimum Gasteiger partial charge on any atom is -0.120 e. The molecule has 0 aromatic heterocycles. The lowest BCUT2D eigenvalue weighted by Gasteiger charge is -2.05. The summed E-state index contributed by atoms with van der Waals surface area (Å²) in [5.41, 5.74) is 10.3. The van der Waals surface area contributed by atoms with Gasteiger partial charge in [0.1, 0.15) is 0 Å². The quantitative estimate of drug-likeness (QED) is 0.489. The van der Waals surface area contributed by atoms with Gasteiger partial charge in [-0.25, -0.2) is 0 Å². The summed E-state index contributed by atoms with van der Waals surface area (Å²) in [4.78, 5) is 0. The molecule has 0 unspecified atom stereocenters. The Balaban J connectivity index is 3.20. The summed E-state index contributed by atoms with van der Waals surface area (Å²) in [6.07, 6.45) is 4.30. The normalized spacial score (nSPS) is 10.8. The van der Waals surface area contributed by atoms with Crippen molar-refractivity contribution in [2.45, 2.75) is 34.6 Å². The van der Waals surface area contributed by atoms with Crippen LogP contribution in [-0.4, -0.2) is 0 Å². The molecule has 0 saturated heterocycles. The maximum Gasteiger partial charge on any atom is 0.0233 e. The molecule has 0 heterocycles. The summed E-state index contributed by atoms with van der Waals surface area (Å²) >= 11 is 0. The first-order valence-corrected chi connectivity index (χ1v) is 6.24. The van der Waals surface area contributed by atoms with Gasteiger partial charge in [-0.2, -0.15) is 0 Å². The molecule has 94 valence electrons. The Morgan fingerprint density at radius 1 is 1.00 bits per heavy atom. The zero-order chi connectivity index (χ0) is 13.7. The van der Waals surface area contributed by atoms with Crippen molar-refractivity contribution >= 4 is 5.57 Å². The Morgan fingerprint density at radius 2 is 1.56 bits per heavy atom. The molecule has 0 spiro atoms. The second-order valence-electron chi connectivity index (χ2n) is 5.08. The highest BCUT2D eigenvalue weighted by Gasteiger charge is 2.00. The first-order chi connectivity index (χ1) is 8.42. The molecule has 0 amide bonds. The fourth-order valence-corrected chi connectivity index (χ4v) is 2.09. The Morgan fingerprint density at radius 3 is 2.00 bits per heavy atom. The zero-order valence-corrected chi connectivity index (χ0v) is 12.1. The summed E-state index contributed by atoms with van der Waals surface area (Å²) in [6.45, 7) is 14.3. The van der Waals surface area contributed by atoms with E-state index >= 15 is 0 Å². The van der Waals surface area contributed by atoms with Crippen LogP contribution >= 0.6 is 0 Å². The molecule has 0 bridgehead atoms. The number of hydrogen-bond acceptors (Lipinski definition) is 0. The van der Waals surface area contributed by atoms with Gasteiger partial charge in [0, 0.05) is 5.57 Å². The Labute approximate surface area is 111 Å². The highest BCUT2D eigenvalue weighted by Crippen LogP contribution is 2.20. The molecule has 0 nitrogen and oxygen atoms in total. The van der Waals surface area contributed by atoms with Gasteiger partial charge in [0.25, 0.3) is 0 Å². The molecule has 0 aliphatic rings. The minimum atomic E-state index is 1.05. The van der Waals surface area contributed by atoms with E-state index in [2.05, 4.69) is 77.3 Å². The molecular weight excluding hydrogens is 216 g/mol. The molecule has 18 heavy (non-hydrogen) atoms. The van der Waals surface area contributed by atoms with E-state index in [1.807, 2.05) is 0 Å². The molecular formula is C18H22. The van der Waals surface area contributed by atoms with Gasteiger partial charge in [-0.1, -0.05) is 47.6 Å².